The molecule has 0 spiro atoms. The fourth-order valence-electron chi connectivity index (χ4n) is 7.76. The SMILES string of the molecule is N#Cc1cccc2c3cc(-n4c5ccccc5c5c4ccc4c6ccccc6n(-c6ccccc6)c45)ccc3n(-c3ccccc3)c12. The van der Waals surface area contributed by atoms with Gasteiger partial charge in [-0.3, -0.25) is 0 Å². The van der Waals surface area contributed by atoms with Crippen molar-refractivity contribution in [1.82, 2.24) is 13.7 Å². The normalized spacial score (nSPS) is 11.8. The van der Waals surface area contributed by atoms with Crippen LogP contribution in [0.5, 0.6) is 0 Å². The molecule has 3 heterocycles. The second-order valence-corrected chi connectivity index (χ2v) is 12.1. The zero-order chi connectivity index (χ0) is 31.1. The van der Waals surface area contributed by atoms with Gasteiger partial charge in [0.15, 0.2) is 0 Å². The molecule has 0 fully saturated rings. The van der Waals surface area contributed by atoms with E-state index in [1.54, 1.807) is 0 Å². The van der Waals surface area contributed by atoms with Gasteiger partial charge in [-0.05, 0) is 66.7 Å². The van der Waals surface area contributed by atoms with Crippen molar-refractivity contribution in [3.05, 3.63) is 163 Å². The Morgan fingerprint density at radius 3 is 1.64 bits per heavy atom. The van der Waals surface area contributed by atoms with Gasteiger partial charge in [-0.1, -0.05) is 91.0 Å². The van der Waals surface area contributed by atoms with E-state index in [0.29, 0.717) is 5.56 Å². The maximum absolute atomic E-state index is 10.1. The highest BCUT2D eigenvalue weighted by Crippen LogP contribution is 2.43. The number of nitrogens with zero attached hydrogens (tertiary/aromatic N) is 4. The van der Waals surface area contributed by atoms with Crippen molar-refractivity contribution in [2.24, 2.45) is 0 Å². The first-order valence-corrected chi connectivity index (χ1v) is 15.9. The molecule has 0 unspecified atom stereocenters. The monoisotopic (exact) mass is 598 g/mol. The van der Waals surface area contributed by atoms with Crippen LogP contribution < -0.4 is 0 Å². The molecule has 0 radical (unpaired) electrons. The Labute approximate surface area is 270 Å². The van der Waals surface area contributed by atoms with Crippen LogP contribution in [0.2, 0.25) is 0 Å². The van der Waals surface area contributed by atoms with E-state index < -0.39 is 0 Å². The Bertz CT molecular complexity index is 2900. The summed E-state index contributed by atoms with van der Waals surface area (Å²) in [5.74, 6) is 0. The first kappa shape index (κ1) is 25.7. The van der Waals surface area contributed by atoms with E-state index in [1.165, 1.54) is 32.6 Å². The van der Waals surface area contributed by atoms with Gasteiger partial charge in [0.1, 0.15) is 6.07 Å². The highest BCUT2D eigenvalue weighted by atomic mass is 15.0. The minimum atomic E-state index is 0.664. The molecule has 47 heavy (non-hydrogen) atoms. The molecule has 0 aliphatic rings. The maximum Gasteiger partial charge on any atom is 0.101 e. The van der Waals surface area contributed by atoms with Gasteiger partial charge in [-0.2, -0.15) is 5.26 Å². The third kappa shape index (κ3) is 3.51. The molecule has 0 bridgehead atoms. The van der Waals surface area contributed by atoms with Gasteiger partial charge >= 0.3 is 0 Å². The number of fused-ring (bicyclic) bond motifs is 10. The molecule has 7 aromatic carbocycles. The van der Waals surface area contributed by atoms with Gasteiger partial charge < -0.3 is 13.7 Å². The third-order valence-corrected chi connectivity index (χ3v) is 9.65. The molecule has 3 aromatic heterocycles. The zero-order valence-electron chi connectivity index (χ0n) is 25.3. The van der Waals surface area contributed by atoms with Crippen LogP contribution in [0.15, 0.2) is 158 Å². The van der Waals surface area contributed by atoms with Crippen molar-refractivity contribution >= 4 is 65.4 Å². The summed E-state index contributed by atoms with van der Waals surface area (Å²) >= 11 is 0. The summed E-state index contributed by atoms with van der Waals surface area (Å²) in [5, 5.41) is 17.3. The Balaban J connectivity index is 1.34. The lowest BCUT2D eigenvalue weighted by atomic mass is 10.1. The Hall–Kier alpha value is -6.57. The molecule has 218 valence electrons. The quantitative estimate of drug-likeness (QED) is 0.199. The number of nitriles is 1. The maximum atomic E-state index is 10.1. The number of hydrogen-bond acceptors (Lipinski definition) is 1. The predicted molar refractivity (Wildman–Crippen MR) is 194 cm³/mol. The summed E-state index contributed by atoms with van der Waals surface area (Å²) in [6.45, 7) is 0. The molecule has 4 heteroatoms. The van der Waals surface area contributed by atoms with E-state index >= 15 is 0 Å². The predicted octanol–water partition coefficient (Wildman–Crippen LogP) is 10.8. The average molecular weight is 599 g/mol. The number of hydrogen-bond donors (Lipinski definition) is 0. The van der Waals surface area contributed by atoms with Crippen molar-refractivity contribution in [1.29, 1.82) is 5.26 Å². The molecule has 0 N–H and O–H groups in total. The fraction of sp³-hybridized carbons (Fsp3) is 0. The standard InChI is InChI=1S/C43H26N4/c44-27-28-12-11-19-33-36-26-31(22-24-39(36)46(42(28)33)29-13-3-1-4-14-29)45-38-21-10-8-18-35(38)41-40(45)25-23-34-32-17-7-9-20-37(32)47(43(34)41)30-15-5-2-6-16-30/h1-26H. The molecule has 10 aromatic rings. The van der Waals surface area contributed by atoms with Crippen molar-refractivity contribution in [2.45, 2.75) is 0 Å². The van der Waals surface area contributed by atoms with Crippen LogP contribution in [0.4, 0.5) is 0 Å². The van der Waals surface area contributed by atoms with Crippen LogP contribution in [0, 0.1) is 11.3 Å². The second-order valence-electron chi connectivity index (χ2n) is 12.1. The van der Waals surface area contributed by atoms with Crippen molar-refractivity contribution in [2.75, 3.05) is 0 Å². The van der Waals surface area contributed by atoms with Gasteiger partial charge in [-0.25, -0.2) is 0 Å². The lowest BCUT2D eigenvalue weighted by molar-refractivity contribution is 1.16. The van der Waals surface area contributed by atoms with E-state index in [1.807, 2.05) is 30.3 Å². The summed E-state index contributed by atoms with van der Waals surface area (Å²) in [4.78, 5) is 0. The Morgan fingerprint density at radius 2 is 0.915 bits per heavy atom. The highest BCUT2D eigenvalue weighted by molar-refractivity contribution is 6.26. The Kier molecular flexibility index (Phi) is 5.32. The molecule has 0 saturated heterocycles. The van der Waals surface area contributed by atoms with E-state index in [-0.39, 0.29) is 0 Å². The number of para-hydroxylation sites is 5. The first-order valence-electron chi connectivity index (χ1n) is 15.9. The second kappa shape index (κ2) is 9.71. The van der Waals surface area contributed by atoms with E-state index in [4.69, 9.17) is 0 Å². The van der Waals surface area contributed by atoms with Crippen molar-refractivity contribution in [3.8, 4) is 23.1 Å². The topological polar surface area (TPSA) is 38.6 Å². The van der Waals surface area contributed by atoms with Crippen LogP contribution in [-0.2, 0) is 0 Å². The lowest BCUT2D eigenvalue weighted by Crippen LogP contribution is -1.96. The van der Waals surface area contributed by atoms with Crippen LogP contribution in [0.3, 0.4) is 0 Å². The van der Waals surface area contributed by atoms with Crippen LogP contribution in [0.1, 0.15) is 5.56 Å². The third-order valence-electron chi connectivity index (χ3n) is 9.65. The molecular weight excluding hydrogens is 573 g/mol. The summed E-state index contributed by atoms with van der Waals surface area (Å²) in [5.41, 5.74) is 10.7. The van der Waals surface area contributed by atoms with Gasteiger partial charge in [0.05, 0.1) is 38.7 Å². The summed E-state index contributed by atoms with van der Waals surface area (Å²) in [6, 6.07) is 58.2. The number of aromatic nitrogens is 3. The lowest BCUT2D eigenvalue weighted by Gasteiger charge is -2.11. The van der Waals surface area contributed by atoms with Crippen LogP contribution in [0.25, 0.3) is 82.5 Å². The molecule has 0 atom stereocenters. The van der Waals surface area contributed by atoms with E-state index in [0.717, 1.165) is 49.9 Å². The Morgan fingerprint density at radius 1 is 0.362 bits per heavy atom. The largest absolute Gasteiger partial charge is 0.309 e. The number of benzene rings is 7. The van der Waals surface area contributed by atoms with E-state index in [9.17, 15) is 5.26 Å². The van der Waals surface area contributed by atoms with Crippen molar-refractivity contribution < 1.29 is 0 Å². The van der Waals surface area contributed by atoms with Crippen LogP contribution in [-0.4, -0.2) is 13.7 Å². The highest BCUT2D eigenvalue weighted by Gasteiger charge is 2.22. The smallest absolute Gasteiger partial charge is 0.101 e. The van der Waals surface area contributed by atoms with Gasteiger partial charge in [0, 0.05) is 49.4 Å². The summed E-state index contributed by atoms with van der Waals surface area (Å²) < 4.78 is 7.04. The zero-order valence-corrected chi connectivity index (χ0v) is 25.3. The minimum absolute atomic E-state index is 0.664. The van der Waals surface area contributed by atoms with Gasteiger partial charge in [0.25, 0.3) is 0 Å². The minimum Gasteiger partial charge on any atom is -0.309 e. The molecular formula is C43H26N4. The van der Waals surface area contributed by atoms with Crippen molar-refractivity contribution in [3.63, 3.8) is 0 Å². The van der Waals surface area contributed by atoms with Gasteiger partial charge in [-0.15, -0.1) is 0 Å². The number of rotatable bonds is 3. The molecule has 0 saturated carbocycles. The average Bonchev–Trinajstić information content (AvgIpc) is 3.78. The molecule has 4 nitrogen and oxygen atoms in total. The molecule has 0 aliphatic heterocycles. The summed E-state index contributed by atoms with van der Waals surface area (Å²) in [6.07, 6.45) is 0. The van der Waals surface area contributed by atoms with E-state index in [2.05, 4.69) is 147 Å². The molecule has 10 rings (SSSR count). The molecule has 0 aliphatic carbocycles. The molecule has 0 amide bonds. The fourth-order valence-corrected chi connectivity index (χ4v) is 7.76. The van der Waals surface area contributed by atoms with Crippen LogP contribution >= 0.6 is 0 Å². The first-order chi connectivity index (χ1) is 23.3. The van der Waals surface area contributed by atoms with Gasteiger partial charge in [0.2, 0.25) is 0 Å². The summed E-state index contributed by atoms with van der Waals surface area (Å²) in [7, 11) is 0.